The average Bonchev–Trinajstić information content (AvgIpc) is 2.69. The monoisotopic (exact) mass is 439 g/mol. The third-order valence-electron chi connectivity index (χ3n) is 5.02. The normalized spacial score (nSPS) is 19.7. The maximum absolute atomic E-state index is 12.9. The first-order valence-electron chi connectivity index (χ1n) is 8.72. The number of para-hydroxylation sites is 1. The minimum atomic E-state index is -0.167. The number of carbonyl (C=O) groups excluding carboxylic acids is 1. The van der Waals surface area contributed by atoms with Gasteiger partial charge in [-0.1, -0.05) is 58.0 Å². The first kappa shape index (κ1) is 18.1. The van der Waals surface area contributed by atoms with E-state index in [0.29, 0.717) is 18.7 Å². The lowest BCUT2D eigenvalue weighted by molar-refractivity contribution is -0.129. The van der Waals surface area contributed by atoms with Crippen molar-refractivity contribution in [3.63, 3.8) is 0 Å². The predicted octanol–water partition coefficient (Wildman–Crippen LogP) is 4.98. The van der Waals surface area contributed by atoms with Gasteiger partial charge in [0.1, 0.15) is 0 Å². The standard InChI is InChI=1S/C21H18BrN3OS/c1-14-4-2-3-5-19(14)24-12-25-20(26)10-17(15-6-8-16(22)9-7-15)18(11-23)21(25)27-13-24/h2-9,17H,10,12-13H2,1H3. The molecule has 2 aliphatic heterocycles. The second-order valence-corrected chi connectivity index (χ2v) is 8.55. The van der Waals surface area contributed by atoms with Gasteiger partial charge < -0.3 is 4.90 Å². The van der Waals surface area contributed by atoms with Crippen LogP contribution in [0.3, 0.4) is 0 Å². The summed E-state index contributed by atoms with van der Waals surface area (Å²) in [6.45, 7) is 2.57. The summed E-state index contributed by atoms with van der Waals surface area (Å²) in [5, 5.41) is 10.7. The van der Waals surface area contributed by atoms with Crippen LogP contribution in [0.15, 0.2) is 63.6 Å². The number of halogens is 1. The summed E-state index contributed by atoms with van der Waals surface area (Å²) >= 11 is 5.02. The lowest BCUT2D eigenvalue weighted by Gasteiger charge is -2.42. The molecule has 2 heterocycles. The molecule has 1 atom stereocenters. The molecule has 0 saturated carbocycles. The van der Waals surface area contributed by atoms with E-state index in [1.165, 1.54) is 5.56 Å². The number of hydrogen-bond donors (Lipinski definition) is 0. The molecule has 0 spiro atoms. The van der Waals surface area contributed by atoms with Crippen LogP contribution in [0.2, 0.25) is 0 Å². The number of hydrogen-bond acceptors (Lipinski definition) is 4. The van der Waals surface area contributed by atoms with Crippen LogP contribution in [-0.2, 0) is 4.79 Å². The number of amides is 1. The fourth-order valence-electron chi connectivity index (χ4n) is 3.61. The molecule has 6 heteroatoms. The van der Waals surface area contributed by atoms with E-state index in [-0.39, 0.29) is 11.8 Å². The molecule has 1 unspecified atom stereocenters. The molecule has 2 aromatic rings. The van der Waals surface area contributed by atoms with Crippen LogP contribution >= 0.6 is 27.7 Å². The van der Waals surface area contributed by atoms with Gasteiger partial charge in [-0.15, -0.1) is 0 Å². The zero-order valence-corrected chi connectivity index (χ0v) is 17.3. The Morgan fingerprint density at radius 1 is 1.19 bits per heavy atom. The highest BCUT2D eigenvalue weighted by molar-refractivity contribution is 9.10. The topological polar surface area (TPSA) is 47.3 Å². The van der Waals surface area contributed by atoms with Crippen LogP contribution in [0, 0.1) is 18.3 Å². The van der Waals surface area contributed by atoms with Gasteiger partial charge in [-0.2, -0.15) is 5.26 Å². The van der Waals surface area contributed by atoms with Crippen molar-refractivity contribution in [2.24, 2.45) is 0 Å². The Balaban J connectivity index is 1.68. The molecule has 0 N–H and O–H groups in total. The molecule has 4 rings (SSSR count). The zero-order valence-electron chi connectivity index (χ0n) is 14.9. The summed E-state index contributed by atoms with van der Waals surface area (Å²) < 4.78 is 0.988. The molecule has 0 aromatic heterocycles. The Morgan fingerprint density at radius 2 is 1.93 bits per heavy atom. The van der Waals surface area contributed by atoms with Crippen molar-refractivity contribution in [2.45, 2.75) is 19.3 Å². The Bertz CT molecular complexity index is 964. The van der Waals surface area contributed by atoms with Gasteiger partial charge in [0.25, 0.3) is 0 Å². The number of carbonyl (C=O) groups is 1. The predicted molar refractivity (Wildman–Crippen MR) is 112 cm³/mol. The SMILES string of the molecule is Cc1ccccc1N1CSC2=C(C#N)C(c3ccc(Br)cc3)CC(=O)N2C1. The first-order chi connectivity index (χ1) is 13.1. The van der Waals surface area contributed by atoms with Crippen LogP contribution in [-0.4, -0.2) is 23.4 Å². The fourth-order valence-corrected chi connectivity index (χ4v) is 5.04. The molecule has 2 aromatic carbocycles. The van der Waals surface area contributed by atoms with Crippen molar-refractivity contribution >= 4 is 39.3 Å². The number of nitrogens with zero attached hydrogens (tertiary/aromatic N) is 3. The molecular formula is C21H18BrN3OS. The van der Waals surface area contributed by atoms with Crippen molar-refractivity contribution in [1.29, 1.82) is 5.26 Å². The molecule has 27 heavy (non-hydrogen) atoms. The van der Waals surface area contributed by atoms with Crippen molar-refractivity contribution in [2.75, 3.05) is 17.4 Å². The van der Waals surface area contributed by atoms with Crippen molar-refractivity contribution in [3.8, 4) is 6.07 Å². The quantitative estimate of drug-likeness (QED) is 0.661. The van der Waals surface area contributed by atoms with E-state index >= 15 is 0 Å². The first-order valence-corrected chi connectivity index (χ1v) is 10.5. The highest BCUT2D eigenvalue weighted by Gasteiger charge is 2.38. The van der Waals surface area contributed by atoms with Crippen molar-refractivity contribution in [1.82, 2.24) is 4.90 Å². The van der Waals surface area contributed by atoms with Crippen LogP contribution in [0.4, 0.5) is 5.69 Å². The number of benzene rings is 2. The maximum atomic E-state index is 12.9. The minimum absolute atomic E-state index is 0.0719. The molecule has 2 aliphatic rings. The van der Waals surface area contributed by atoms with E-state index in [4.69, 9.17) is 0 Å². The van der Waals surface area contributed by atoms with E-state index in [1.54, 1.807) is 16.7 Å². The van der Waals surface area contributed by atoms with Crippen molar-refractivity contribution < 1.29 is 4.79 Å². The molecule has 1 saturated heterocycles. The summed E-state index contributed by atoms with van der Waals surface area (Å²) in [6.07, 6.45) is 0.330. The van der Waals surface area contributed by atoms with Crippen LogP contribution < -0.4 is 4.90 Å². The van der Waals surface area contributed by atoms with Gasteiger partial charge in [0.2, 0.25) is 5.91 Å². The van der Waals surface area contributed by atoms with Crippen molar-refractivity contribution in [3.05, 3.63) is 74.7 Å². The minimum Gasteiger partial charge on any atom is -0.343 e. The molecule has 4 nitrogen and oxygen atoms in total. The molecule has 0 radical (unpaired) electrons. The van der Waals surface area contributed by atoms with E-state index in [2.05, 4.69) is 46.0 Å². The van der Waals surface area contributed by atoms with Gasteiger partial charge in [-0.05, 0) is 36.2 Å². The average molecular weight is 440 g/mol. The van der Waals surface area contributed by atoms with Crippen LogP contribution in [0.1, 0.15) is 23.5 Å². The Labute approximate surface area is 171 Å². The lowest BCUT2D eigenvalue weighted by atomic mass is 9.86. The largest absolute Gasteiger partial charge is 0.343 e. The lowest BCUT2D eigenvalue weighted by Crippen LogP contribution is -2.47. The van der Waals surface area contributed by atoms with Gasteiger partial charge >= 0.3 is 0 Å². The smallest absolute Gasteiger partial charge is 0.229 e. The number of anilines is 1. The summed E-state index contributed by atoms with van der Waals surface area (Å²) in [4.78, 5) is 16.9. The molecule has 1 fully saturated rings. The number of fused-ring (bicyclic) bond motifs is 1. The summed E-state index contributed by atoms with van der Waals surface area (Å²) in [5.74, 6) is 0.629. The summed E-state index contributed by atoms with van der Waals surface area (Å²) in [7, 11) is 0. The van der Waals surface area contributed by atoms with Gasteiger partial charge in [0, 0.05) is 22.5 Å². The highest BCUT2D eigenvalue weighted by Crippen LogP contribution is 2.43. The number of aryl methyl sites for hydroxylation is 1. The summed E-state index contributed by atoms with van der Waals surface area (Å²) in [6, 6.07) is 18.5. The van der Waals surface area contributed by atoms with Gasteiger partial charge in [-0.25, -0.2) is 0 Å². The third kappa shape index (κ3) is 3.38. The van der Waals surface area contributed by atoms with E-state index < -0.39 is 0 Å². The fraction of sp³-hybridized carbons (Fsp3) is 0.238. The van der Waals surface area contributed by atoms with Gasteiger partial charge in [0.05, 0.1) is 29.2 Å². The maximum Gasteiger partial charge on any atom is 0.229 e. The van der Waals surface area contributed by atoms with E-state index in [9.17, 15) is 10.1 Å². The molecular weight excluding hydrogens is 422 g/mol. The second kappa shape index (κ2) is 7.41. The van der Waals surface area contributed by atoms with E-state index in [1.807, 2.05) is 36.4 Å². The molecule has 0 bridgehead atoms. The zero-order chi connectivity index (χ0) is 19.0. The molecule has 1 amide bonds. The molecule has 0 aliphatic carbocycles. The van der Waals surface area contributed by atoms with Crippen LogP contribution in [0.25, 0.3) is 0 Å². The van der Waals surface area contributed by atoms with Gasteiger partial charge in [-0.3, -0.25) is 9.69 Å². The number of thioether (sulfide) groups is 1. The van der Waals surface area contributed by atoms with E-state index in [0.717, 1.165) is 26.6 Å². The second-order valence-electron chi connectivity index (χ2n) is 6.70. The summed E-state index contributed by atoms with van der Waals surface area (Å²) in [5.41, 5.74) is 4.03. The third-order valence-corrected chi connectivity index (χ3v) is 6.71. The van der Waals surface area contributed by atoms with Gasteiger partial charge in [0.15, 0.2) is 0 Å². The Kier molecular flexibility index (Phi) is 4.98. The van der Waals surface area contributed by atoms with Crippen LogP contribution in [0.5, 0.6) is 0 Å². The Morgan fingerprint density at radius 3 is 2.63 bits per heavy atom. The number of nitriles is 1. The Hall–Kier alpha value is -2.23. The molecule has 136 valence electrons. The number of allylic oxidation sites excluding steroid dienone is 1. The number of rotatable bonds is 2. The highest BCUT2D eigenvalue weighted by atomic mass is 79.9.